The fourth-order valence-corrected chi connectivity index (χ4v) is 1.93. The molecule has 3 N–H and O–H groups in total. The van der Waals surface area contributed by atoms with Gasteiger partial charge in [-0.05, 0) is 30.9 Å². The van der Waals surface area contributed by atoms with E-state index in [1.165, 1.54) is 5.56 Å². The van der Waals surface area contributed by atoms with Gasteiger partial charge in [0, 0.05) is 12.2 Å². The zero-order valence-electron chi connectivity index (χ0n) is 9.90. The molecule has 6 nitrogen and oxygen atoms in total. The Morgan fingerprint density at radius 3 is 2.94 bits per heavy atom. The quantitative estimate of drug-likeness (QED) is 0.746. The summed E-state index contributed by atoms with van der Waals surface area (Å²) in [5.41, 5.74) is 2.28. The Morgan fingerprint density at radius 2 is 2.17 bits per heavy atom. The second kappa shape index (κ2) is 5.48. The molecule has 0 bridgehead atoms. The summed E-state index contributed by atoms with van der Waals surface area (Å²) in [6.07, 6.45) is 3.01. The van der Waals surface area contributed by atoms with Gasteiger partial charge < -0.3 is 10.4 Å². The number of urea groups is 1. The third kappa shape index (κ3) is 3.19. The van der Waals surface area contributed by atoms with Gasteiger partial charge in [-0.25, -0.2) is 9.78 Å². The predicted octanol–water partition coefficient (Wildman–Crippen LogP) is 1.17. The lowest BCUT2D eigenvalue weighted by atomic mass is 10.2. The summed E-state index contributed by atoms with van der Waals surface area (Å²) >= 11 is 0. The van der Waals surface area contributed by atoms with Crippen molar-refractivity contribution in [3.8, 4) is 0 Å². The maximum atomic E-state index is 11.4. The third-order valence-corrected chi connectivity index (χ3v) is 2.79. The van der Waals surface area contributed by atoms with Crippen LogP contribution in [0.2, 0.25) is 0 Å². The molecule has 0 saturated carbocycles. The highest BCUT2D eigenvalue weighted by Crippen LogP contribution is 2.21. The van der Waals surface area contributed by atoms with Crippen LogP contribution < -0.4 is 10.6 Å². The summed E-state index contributed by atoms with van der Waals surface area (Å²) in [6, 6.07) is 3.31. The first-order valence-corrected chi connectivity index (χ1v) is 5.90. The first kappa shape index (κ1) is 12.3. The number of hydrogen-bond donors (Lipinski definition) is 3. The van der Waals surface area contributed by atoms with Gasteiger partial charge in [0.05, 0.1) is 6.42 Å². The second-order valence-electron chi connectivity index (χ2n) is 4.18. The van der Waals surface area contributed by atoms with Crippen molar-refractivity contribution in [3.63, 3.8) is 0 Å². The Kier molecular flexibility index (Phi) is 3.76. The number of aliphatic carboxylic acids is 1. The molecule has 0 atom stereocenters. The zero-order chi connectivity index (χ0) is 13.0. The molecule has 18 heavy (non-hydrogen) atoms. The molecule has 1 aliphatic rings. The minimum Gasteiger partial charge on any atom is -0.481 e. The summed E-state index contributed by atoms with van der Waals surface area (Å²) < 4.78 is 0. The van der Waals surface area contributed by atoms with Crippen molar-refractivity contribution in [1.82, 2.24) is 10.3 Å². The summed E-state index contributed by atoms with van der Waals surface area (Å²) in [4.78, 5) is 26.1. The standard InChI is InChI=1S/C12H15N3O3/c16-11(17)6-7-13-12(18)15-10-5-4-8-2-1-3-9(8)14-10/h4-5H,1-3,6-7H2,(H,16,17)(H2,13,14,15,18). The summed E-state index contributed by atoms with van der Waals surface area (Å²) in [5, 5.41) is 13.5. The summed E-state index contributed by atoms with van der Waals surface area (Å²) in [7, 11) is 0. The number of carbonyl (C=O) groups excluding carboxylic acids is 1. The maximum absolute atomic E-state index is 11.4. The van der Waals surface area contributed by atoms with E-state index >= 15 is 0 Å². The summed E-state index contributed by atoms with van der Waals surface area (Å²) in [5.74, 6) is -0.436. The first-order chi connectivity index (χ1) is 8.65. The molecule has 96 valence electrons. The van der Waals surface area contributed by atoms with E-state index in [4.69, 9.17) is 5.11 Å². The van der Waals surface area contributed by atoms with Gasteiger partial charge in [0.1, 0.15) is 5.82 Å². The number of fused-ring (bicyclic) bond motifs is 1. The van der Waals surface area contributed by atoms with Gasteiger partial charge >= 0.3 is 12.0 Å². The van der Waals surface area contributed by atoms with Gasteiger partial charge in [-0.15, -0.1) is 0 Å². The van der Waals surface area contributed by atoms with Crippen LogP contribution in [-0.2, 0) is 17.6 Å². The van der Waals surface area contributed by atoms with Crippen LogP contribution in [0.25, 0.3) is 0 Å². The average molecular weight is 249 g/mol. The van der Waals surface area contributed by atoms with Crippen LogP contribution in [0, 0.1) is 0 Å². The zero-order valence-corrected chi connectivity index (χ0v) is 9.90. The highest BCUT2D eigenvalue weighted by molar-refractivity contribution is 5.88. The SMILES string of the molecule is O=C(O)CCNC(=O)Nc1ccc2c(n1)CCC2. The largest absolute Gasteiger partial charge is 0.481 e. The number of carboxylic acids is 1. The number of carboxylic acid groups (broad SMARTS) is 1. The van der Waals surface area contributed by atoms with Crippen LogP contribution in [0.15, 0.2) is 12.1 Å². The van der Waals surface area contributed by atoms with E-state index in [1.807, 2.05) is 6.07 Å². The summed E-state index contributed by atoms with van der Waals surface area (Å²) in [6.45, 7) is 0.103. The number of amides is 2. The van der Waals surface area contributed by atoms with Crippen molar-refractivity contribution in [1.29, 1.82) is 0 Å². The maximum Gasteiger partial charge on any atom is 0.320 e. The lowest BCUT2D eigenvalue weighted by molar-refractivity contribution is -0.136. The first-order valence-electron chi connectivity index (χ1n) is 5.90. The van der Waals surface area contributed by atoms with Crippen LogP contribution in [0.3, 0.4) is 0 Å². The van der Waals surface area contributed by atoms with Crippen molar-refractivity contribution in [3.05, 3.63) is 23.4 Å². The molecule has 0 aromatic carbocycles. The number of anilines is 1. The van der Waals surface area contributed by atoms with Gasteiger partial charge in [-0.3, -0.25) is 10.1 Å². The van der Waals surface area contributed by atoms with E-state index in [-0.39, 0.29) is 13.0 Å². The normalized spacial score (nSPS) is 12.9. The van der Waals surface area contributed by atoms with Gasteiger partial charge in [0.25, 0.3) is 0 Å². The number of pyridine rings is 1. The van der Waals surface area contributed by atoms with E-state index in [9.17, 15) is 9.59 Å². The third-order valence-electron chi connectivity index (χ3n) is 2.79. The van der Waals surface area contributed by atoms with Crippen LogP contribution in [-0.4, -0.2) is 28.6 Å². The molecule has 0 saturated heterocycles. The van der Waals surface area contributed by atoms with Crippen LogP contribution >= 0.6 is 0 Å². The highest BCUT2D eigenvalue weighted by atomic mass is 16.4. The highest BCUT2D eigenvalue weighted by Gasteiger charge is 2.13. The lowest BCUT2D eigenvalue weighted by Gasteiger charge is -2.07. The Labute approximate surface area is 104 Å². The van der Waals surface area contributed by atoms with Gasteiger partial charge in [0.2, 0.25) is 0 Å². The molecule has 0 spiro atoms. The molecule has 1 aromatic heterocycles. The Hall–Kier alpha value is -2.11. The Morgan fingerprint density at radius 1 is 1.33 bits per heavy atom. The molecular weight excluding hydrogens is 234 g/mol. The molecule has 0 fully saturated rings. The minimum atomic E-state index is -0.939. The molecule has 1 aromatic rings. The monoisotopic (exact) mass is 249 g/mol. The Bertz CT molecular complexity index is 474. The number of nitrogens with one attached hydrogen (secondary N) is 2. The lowest BCUT2D eigenvalue weighted by Crippen LogP contribution is -2.30. The Balaban J connectivity index is 1.85. The van der Waals surface area contributed by atoms with Crippen LogP contribution in [0.1, 0.15) is 24.1 Å². The number of aromatic nitrogens is 1. The molecular formula is C12H15N3O3. The molecule has 0 unspecified atom stereocenters. The fourth-order valence-electron chi connectivity index (χ4n) is 1.93. The molecule has 6 heteroatoms. The van der Waals surface area contributed by atoms with Gasteiger partial charge in [-0.2, -0.15) is 0 Å². The van der Waals surface area contributed by atoms with Crippen LogP contribution in [0.5, 0.6) is 0 Å². The second-order valence-corrected chi connectivity index (χ2v) is 4.18. The van der Waals surface area contributed by atoms with E-state index < -0.39 is 12.0 Å². The van der Waals surface area contributed by atoms with E-state index in [0.717, 1.165) is 25.0 Å². The molecule has 1 aliphatic carbocycles. The van der Waals surface area contributed by atoms with E-state index in [1.54, 1.807) is 6.07 Å². The van der Waals surface area contributed by atoms with E-state index in [0.29, 0.717) is 5.82 Å². The number of rotatable bonds is 4. The topological polar surface area (TPSA) is 91.3 Å². The van der Waals surface area contributed by atoms with Crippen LogP contribution in [0.4, 0.5) is 10.6 Å². The molecule has 2 rings (SSSR count). The molecule has 2 amide bonds. The number of nitrogens with zero attached hydrogens (tertiary/aromatic N) is 1. The van der Waals surface area contributed by atoms with Crippen molar-refractivity contribution >= 4 is 17.8 Å². The van der Waals surface area contributed by atoms with Crippen molar-refractivity contribution in [2.75, 3.05) is 11.9 Å². The average Bonchev–Trinajstić information content (AvgIpc) is 2.75. The molecule has 0 radical (unpaired) electrons. The smallest absolute Gasteiger partial charge is 0.320 e. The molecule has 0 aliphatic heterocycles. The predicted molar refractivity (Wildman–Crippen MR) is 65.5 cm³/mol. The number of hydrogen-bond acceptors (Lipinski definition) is 3. The fraction of sp³-hybridized carbons (Fsp3) is 0.417. The minimum absolute atomic E-state index is 0.0922. The van der Waals surface area contributed by atoms with Gasteiger partial charge in [-0.1, -0.05) is 6.07 Å². The molecule has 1 heterocycles. The van der Waals surface area contributed by atoms with Crippen molar-refractivity contribution < 1.29 is 14.7 Å². The van der Waals surface area contributed by atoms with Gasteiger partial charge in [0.15, 0.2) is 0 Å². The van der Waals surface area contributed by atoms with E-state index in [2.05, 4.69) is 15.6 Å². The number of aryl methyl sites for hydroxylation is 2. The van der Waals surface area contributed by atoms with Crippen molar-refractivity contribution in [2.24, 2.45) is 0 Å². The number of carbonyl (C=O) groups is 2. The van der Waals surface area contributed by atoms with Crippen molar-refractivity contribution in [2.45, 2.75) is 25.7 Å².